The second kappa shape index (κ2) is 8.73. The van der Waals surface area contributed by atoms with Gasteiger partial charge in [-0.3, -0.25) is 4.79 Å². The number of nitrogens with one attached hydrogen (secondary N) is 1. The van der Waals surface area contributed by atoms with Crippen molar-refractivity contribution in [1.29, 1.82) is 0 Å². The molecule has 0 spiro atoms. The van der Waals surface area contributed by atoms with E-state index in [9.17, 15) is 4.79 Å². The molecule has 5 heteroatoms. The summed E-state index contributed by atoms with van der Waals surface area (Å²) in [6, 6.07) is 12.9. The number of benzene rings is 2. The number of halogens is 1. The highest BCUT2D eigenvalue weighted by atomic mass is 79.9. The van der Waals surface area contributed by atoms with Crippen LogP contribution in [0.15, 0.2) is 46.9 Å². The summed E-state index contributed by atoms with van der Waals surface area (Å²) < 4.78 is 12.2. The lowest BCUT2D eigenvalue weighted by Gasteiger charge is -2.17. The largest absolute Gasteiger partial charge is 0.490 e. The van der Waals surface area contributed by atoms with Gasteiger partial charge in [-0.2, -0.15) is 0 Å². The molecule has 1 atom stereocenters. The summed E-state index contributed by atoms with van der Waals surface area (Å²) in [7, 11) is 0. The normalized spacial score (nSPS) is 11.7. The molecule has 0 aliphatic heterocycles. The van der Waals surface area contributed by atoms with Crippen molar-refractivity contribution in [1.82, 2.24) is 5.32 Å². The first kappa shape index (κ1) is 18.3. The molecule has 1 N–H and O–H groups in total. The lowest BCUT2D eigenvalue weighted by molar-refractivity contribution is 0.0940. The van der Waals surface area contributed by atoms with Gasteiger partial charge in [0.25, 0.3) is 5.91 Å². The summed E-state index contributed by atoms with van der Waals surface area (Å²) in [6.07, 6.45) is 0. The van der Waals surface area contributed by atoms with Crippen molar-refractivity contribution in [3.8, 4) is 11.5 Å². The van der Waals surface area contributed by atoms with E-state index in [2.05, 4.69) is 21.2 Å². The van der Waals surface area contributed by atoms with Crippen LogP contribution in [0, 0.1) is 0 Å². The van der Waals surface area contributed by atoms with Gasteiger partial charge < -0.3 is 14.8 Å². The number of carbonyl (C=O) groups excluding carboxylic acids is 1. The van der Waals surface area contributed by atoms with Gasteiger partial charge in [0.1, 0.15) is 0 Å². The number of carbonyl (C=O) groups is 1. The first-order valence-corrected chi connectivity index (χ1v) is 8.80. The summed E-state index contributed by atoms with van der Waals surface area (Å²) in [4.78, 5) is 12.3. The molecule has 128 valence electrons. The van der Waals surface area contributed by atoms with Crippen molar-refractivity contribution in [2.75, 3.05) is 13.2 Å². The van der Waals surface area contributed by atoms with E-state index in [4.69, 9.17) is 9.47 Å². The van der Waals surface area contributed by atoms with Gasteiger partial charge in [0, 0.05) is 10.0 Å². The topological polar surface area (TPSA) is 47.6 Å². The van der Waals surface area contributed by atoms with E-state index in [0.29, 0.717) is 24.5 Å². The zero-order chi connectivity index (χ0) is 17.5. The number of amides is 1. The van der Waals surface area contributed by atoms with Crippen LogP contribution in [0.2, 0.25) is 0 Å². The molecule has 0 fully saturated rings. The van der Waals surface area contributed by atoms with Crippen LogP contribution >= 0.6 is 15.9 Å². The standard InChI is InChI=1S/C19H22BrNO3/c1-4-23-17-11-8-15(12-18(17)24-5-2)13(3)21-19(22)14-6-9-16(20)10-7-14/h6-13H,4-5H2,1-3H3,(H,21,22). The molecule has 0 aromatic heterocycles. The molecule has 24 heavy (non-hydrogen) atoms. The highest BCUT2D eigenvalue weighted by Gasteiger charge is 2.14. The summed E-state index contributed by atoms with van der Waals surface area (Å²) >= 11 is 3.37. The lowest BCUT2D eigenvalue weighted by atomic mass is 10.1. The average molecular weight is 392 g/mol. The monoisotopic (exact) mass is 391 g/mol. The van der Waals surface area contributed by atoms with E-state index in [1.165, 1.54) is 0 Å². The maximum Gasteiger partial charge on any atom is 0.251 e. The Morgan fingerprint density at radius 2 is 1.67 bits per heavy atom. The Labute approximate surface area is 151 Å². The van der Waals surface area contributed by atoms with E-state index >= 15 is 0 Å². The molecule has 0 saturated carbocycles. The van der Waals surface area contributed by atoms with Crippen molar-refractivity contribution >= 4 is 21.8 Å². The van der Waals surface area contributed by atoms with Crippen molar-refractivity contribution in [3.63, 3.8) is 0 Å². The lowest BCUT2D eigenvalue weighted by Crippen LogP contribution is -2.26. The first-order chi connectivity index (χ1) is 11.5. The Balaban J connectivity index is 2.13. The highest BCUT2D eigenvalue weighted by Crippen LogP contribution is 2.30. The third-order valence-electron chi connectivity index (χ3n) is 3.52. The third-order valence-corrected chi connectivity index (χ3v) is 4.05. The highest BCUT2D eigenvalue weighted by molar-refractivity contribution is 9.10. The van der Waals surface area contributed by atoms with Crippen LogP contribution in [0.25, 0.3) is 0 Å². The number of ether oxygens (including phenoxy) is 2. The van der Waals surface area contributed by atoms with Gasteiger partial charge in [0.2, 0.25) is 0 Å². The molecule has 0 heterocycles. The molecule has 1 unspecified atom stereocenters. The summed E-state index contributed by atoms with van der Waals surface area (Å²) in [5.41, 5.74) is 1.59. The minimum Gasteiger partial charge on any atom is -0.490 e. The molecule has 0 bridgehead atoms. The predicted molar refractivity (Wildman–Crippen MR) is 98.8 cm³/mol. The van der Waals surface area contributed by atoms with E-state index in [0.717, 1.165) is 15.8 Å². The van der Waals surface area contributed by atoms with Crippen LogP contribution in [0.4, 0.5) is 0 Å². The zero-order valence-corrected chi connectivity index (χ0v) is 15.7. The van der Waals surface area contributed by atoms with Crippen molar-refractivity contribution in [2.24, 2.45) is 0 Å². The van der Waals surface area contributed by atoms with E-state index in [-0.39, 0.29) is 11.9 Å². The molecule has 4 nitrogen and oxygen atoms in total. The van der Waals surface area contributed by atoms with Crippen LogP contribution < -0.4 is 14.8 Å². The van der Waals surface area contributed by atoms with Crippen molar-refractivity contribution in [2.45, 2.75) is 26.8 Å². The fourth-order valence-corrected chi connectivity index (χ4v) is 2.57. The second-order valence-corrected chi connectivity index (χ2v) is 6.19. The Kier molecular flexibility index (Phi) is 6.67. The van der Waals surface area contributed by atoms with Gasteiger partial charge in [-0.1, -0.05) is 22.0 Å². The van der Waals surface area contributed by atoms with Gasteiger partial charge >= 0.3 is 0 Å². The minimum absolute atomic E-state index is 0.109. The van der Waals surface area contributed by atoms with Crippen LogP contribution in [0.3, 0.4) is 0 Å². The van der Waals surface area contributed by atoms with E-state index in [1.807, 2.05) is 51.1 Å². The summed E-state index contributed by atoms with van der Waals surface area (Å²) in [5.74, 6) is 1.30. The molecule has 2 aromatic rings. The SMILES string of the molecule is CCOc1ccc(C(C)NC(=O)c2ccc(Br)cc2)cc1OCC. The van der Waals surface area contributed by atoms with Gasteiger partial charge in [-0.05, 0) is 62.7 Å². The van der Waals surface area contributed by atoms with Gasteiger partial charge in [0.15, 0.2) is 11.5 Å². The zero-order valence-electron chi connectivity index (χ0n) is 14.1. The molecule has 2 rings (SSSR count). The fourth-order valence-electron chi connectivity index (χ4n) is 2.30. The Morgan fingerprint density at radius 3 is 2.29 bits per heavy atom. The molecular weight excluding hydrogens is 370 g/mol. The molecular formula is C19H22BrNO3. The van der Waals surface area contributed by atoms with E-state index < -0.39 is 0 Å². The maximum absolute atomic E-state index is 12.3. The summed E-state index contributed by atoms with van der Waals surface area (Å²) in [6.45, 7) is 6.95. The average Bonchev–Trinajstić information content (AvgIpc) is 2.57. The maximum atomic E-state index is 12.3. The molecule has 0 saturated heterocycles. The molecule has 0 aliphatic carbocycles. The van der Waals surface area contributed by atoms with Crippen LogP contribution in [0.1, 0.15) is 42.7 Å². The minimum atomic E-state index is -0.143. The second-order valence-electron chi connectivity index (χ2n) is 5.27. The number of hydrogen-bond donors (Lipinski definition) is 1. The quantitative estimate of drug-likeness (QED) is 0.741. The van der Waals surface area contributed by atoms with Gasteiger partial charge in [-0.15, -0.1) is 0 Å². The molecule has 2 aromatic carbocycles. The Morgan fingerprint density at radius 1 is 1.04 bits per heavy atom. The summed E-state index contributed by atoms with van der Waals surface area (Å²) in [5, 5.41) is 3.00. The molecule has 0 aliphatic rings. The van der Waals surface area contributed by atoms with Gasteiger partial charge in [0.05, 0.1) is 19.3 Å². The van der Waals surface area contributed by atoms with Crippen LogP contribution in [-0.4, -0.2) is 19.1 Å². The Bertz CT molecular complexity index is 686. The van der Waals surface area contributed by atoms with Crippen LogP contribution in [0.5, 0.6) is 11.5 Å². The molecule has 1 amide bonds. The molecule has 0 radical (unpaired) electrons. The number of hydrogen-bond acceptors (Lipinski definition) is 3. The predicted octanol–water partition coefficient (Wildman–Crippen LogP) is 4.74. The van der Waals surface area contributed by atoms with Gasteiger partial charge in [-0.25, -0.2) is 0 Å². The van der Waals surface area contributed by atoms with E-state index in [1.54, 1.807) is 12.1 Å². The fraction of sp³-hybridized carbons (Fsp3) is 0.316. The van der Waals surface area contributed by atoms with Crippen molar-refractivity contribution < 1.29 is 14.3 Å². The smallest absolute Gasteiger partial charge is 0.251 e. The third kappa shape index (κ3) is 4.74. The number of rotatable bonds is 7. The Hall–Kier alpha value is -2.01. The van der Waals surface area contributed by atoms with Crippen LogP contribution in [-0.2, 0) is 0 Å². The van der Waals surface area contributed by atoms with Crippen molar-refractivity contribution in [3.05, 3.63) is 58.1 Å². The first-order valence-electron chi connectivity index (χ1n) is 8.01.